The van der Waals surface area contributed by atoms with Gasteiger partial charge in [-0.3, -0.25) is 0 Å². The van der Waals surface area contributed by atoms with Crippen molar-refractivity contribution in [2.75, 3.05) is 6.54 Å². The molecule has 0 heterocycles. The number of unbranched alkanes of at least 4 members (excludes halogenated alkanes) is 1. The van der Waals surface area contributed by atoms with Crippen LogP contribution in [0.15, 0.2) is 23.4 Å². The van der Waals surface area contributed by atoms with E-state index in [1.807, 2.05) is 0 Å². The lowest BCUT2D eigenvalue weighted by molar-refractivity contribution is 0.720. The Kier molecular flexibility index (Phi) is 5.43. The Morgan fingerprint density at radius 3 is 2.64 bits per heavy atom. The van der Waals surface area contributed by atoms with Crippen molar-refractivity contribution in [3.8, 4) is 0 Å². The first-order valence-corrected chi connectivity index (χ1v) is 6.02. The summed E-state index contributed by atoms with van der Waals surface area (Å²) in [5.74, 6) is 0. The molecule has 0 amide bonds. The van der Waals surface area contributed by atoms with Gasteiger partial charge < -0.3 is 5.32 Å². The highest BCUT2D eigenvalue weighted by atomic mass is 14.9. The molecule has 0 aromatic heterocycles. The quantitative estimate of drug-likeness (QED) is 0.677. The predicted octanol–water partition coefficient (Wildman–Crippen LogP) is 3.78. The SMILES string of the molecule is CCCCC1=CCCC=C1NCCC. The molecule has 0 bridgehead atoms. The zero-order valence-electron chi connectivity index (χ0n) is 9.60. The van der Waals surface area contributed by atoms with E-state index in [1.165, 1.54) is 44.2 Å². The van der Waals surface area contributed by atoms with Gasteiger partial charge in [0.15, 0.2) is 0 Å². The highest BCUT2D eigenvalue weighted by Crippen LogP contribution is 2.21. The average molecular weight is 193 g/mol. The molecule has 1 rings (SSSR count). The van der Waals surface area contributed by atoms with Crippen LogP contribution < -0.4 is 5.32 Å². The van der Waals surface area contributed by atoms with Crippen molar-refractivity contribution in [3.05, 3.63) is 23.4 Å². The average Bonchev–Trinajstić information content (AvgIpc) is 2.24. The highest BCUT2D eigenvalue weighted by Gasteiger charge is 2.06. The molecule has 1 aliphatic carbocycles. The summed E-state index contributed by atoms with van der Waals surface area (Å²) in [6, 6.07) is 0. The van der Waals surface area contributed by atoms with Crippen molar-refractivity contribution in [1.29, 1.82) is 0 Å². The van der Waals surface area contributed by atoms with E-state index < -0.39 is 0 Å². The van der Waals surface area contributed by atoms with Gasteiger partial charge in [0.2, 0.25) is 0 Å². The number of hydrogen-bond donors (Lipinski definition) is 1. The molecule has 80 valence electrons. The Labute approximate surface area is 88.3 Å². The summed E-state index contributed by atoms with van der Waals surface area (Å²) < 4.78 is 0. The van der Waals surface area contributed by atoms with Gasteiger partial charge in [0, 0.05) is 12.2 Å². The fourth-order valence-corrected chi connectivity index (χ4v) is 1.78. The fraction of sp³-hybridized carbons (Fsp3) is 0.692. The van der Waals surface area contributed by atoms with Gasteiger partial charge >= 0.3 is 0 Å². The lowest BCUT2D eigenvalue weighted by Gasteiger charge is -2.17. The number of hydrogen-bond acceptors (Lipinski definition) is 1. The van der Waals surface area contributed by atoms with Crippen molar-refractivity contribution < 1.29 is 0 Å². The van der Waals surface area contributed by atoms with E-state index in [4.69, 9.17) is 0 Å². The summed E-state index contributed by atoms with van der Waals surface area (Å²) >= 11 is 0. The van der Waals surface area contributed by atoms with E-state index in [-0.39, 0.29) is 0 Å². The molecular weight excluding hydrogens is 170 g/mol. The Bertz CT molecular complexity index is 189. The van der Waals surface area contributed by atoms with Gasteiger partial charge in [0.25, 0.3) is 0 Å². The van der Waals surface area contributed by atoms with Crippen molar-refractivity contribution in [1.82, 2.24) is 5.32 Å². The van der Waals surface area contributed by atoms with Crippen LogP contribution in [0, 0.1) is 0 Å². The molecule has 0 fully saturated rings. The van der Waals surface area contributed by atoms with Crippen LogP contribution in [-0.2, 0) is 0 Å². The van der Waals surface area contributed by atoms with Gasteiger partial charge in [0.05, 0.1) is 0 Å². The summed E-state index contributed by atoms with van der Waals surface area (Å²) in [6.07, 6.45) is 12.3. The lowest BCUT2D eigenvalue weighted by Crippen LogP contribution is -2.17. The van der Waals surface area contributed by atoms with Crippen LogP contribution in [0.5, 0.6) is 0 Å². The Morgan fingerprint density at radius 2 is 1.93 bits per heavy atom. The highest BCUT2D eigenvalue weighted by molar-refractivity contribution is 5.32. The van der Waals surface area contributed by atoms with Crippen LogP contribution in [0.4, 0.5) is 0 Å². The molecule has 0 aromatic carbocycles. The molecular formula is C13H23N. The summed E-state index contributed by atoms with van der Waals surface area (Å²) in [5.41, 5.74) is 2.96. The largest absolute Gasteiger partial charge is 0.385 e. The number of rotatable bonds is 6. The minimum atomic E-state index is 1.11. The van der Waals surface area contributed by atoms with Crippen molar-refractivity contribution in [2.45, 2.75) is 52.4 Å². The third kappa shape index (κ3) is 3.57. The van der Waals surface area contributed by atoms with E-state index in [1.54, 1.807) is 5.57 Å². The van der Waals surface area contributed by atoms with Gasteiger partial charge in [-0.25, -0.2) is 0 Å². The Hall–Kier alpha value is -0.720. The first-order chi connectivity index (χ1) is 6.88. The Morgan fingerprint density at radius 1 is 1.14 bits per heavy atom. The van der Waals surface area contributed by atoms with Gasteiger partial charge in [-0.05, 0) is 37.7 Å². The molecule has 0 saturated heterocycles. The van der Waals surface area contributed by atoms with Crippen LogP contribution in [-0.4, -0.2) is 6.54 Å². The van der Waals surface area contributed by atoms with Crippen LogP contribution in [0.3, 0.4) is 0 Å². The second kappa shape index (κ2) is 6.69. The minimum absolute atomic E-state index is 1.11. The smallest absolute Gasteiger partial charge is 0.0329 e. The molecule has 0 spiro atoms. The summed E-state index contributed by atoms with van der Waals surface area (Å²) in [5, 5.41) is 3.52. The molecule has 1 nitrogen and oxygen atoms in total. The molecule has 0 aromatic rings. The topological polar surface area (TPSA) is 12.0 Å². The maximum atomic E-state index is 3.52. The second-order valence-electron chi connectivity index (χ2n) is 3.95. The molecule has 0 radical (unpaired) electrons. The van der Waals surface area contributed by atoms with Crippen LogP contribution in [0.2, 0.25) is 0 Å². The van der Waals surface area contributed by atoms with Crippen molar-refractivity contribution >= 4 is 0 Å². The monoisotopic (exact) mass is 193 g/mol. The van der Waals surface area contributed by atoms with Crippen LogP contribution in [0.1, 0.15) is 52.4 Å². The first kappa shape index (κ1) is 11.4. The van der Waals surface area contributed by atoms with E-state index in [9.17, 15) is 0 Å². The minimum Gasteiger partial charge on any atom is -0.385 e. The maximum absolute atomic E-state index is 3.52. The van der Waals surface area contributed by atoms with Gasteiger partial charge in [0.1, 0.15) is 0 Å². The van der Waals surface area contributed by atoms with Gasteiger partial charge in [-0.1, -0.05) is 32.4 Å². The van der Waals surface area contributed by atoms with E-state index in [2.05, 4.69) is 31.3 Å². The molecule has 0 saturated carbocycles. The lowest BCUT2D eigenvalue weighted by atomic mass is 9.98. The van der Waals surface area contributed by atoms with Gasteiger partial charge in [-0.2, -0.15) is 0 Å². The van der Waals surface area contributed by atoms with Crippen LogP contribution >= 0.6 is 0 Å². The predicted molar refractivity (Wildman–Crippen MR) is 63.2 cm³/mol. The van der Waals surface area contributed by atoms with Crippen LogP contribution in [0.25, 0.3) is 0 Å². The van der Waals surface area contributed by atoms with Gasteiger partial charge in [-0.15, -0.1) is 0 Å². The molecule has 14 heavy (non-hydrogen) atoms. The zero-order chi connectivity index (χ0) is 10.2. The summed E-state index contributed by atoms with van der Waals surface area (Å²) in [7, 11) is 0. The van der Waals surface area contributed by atoms with E-state index in [0.29, 0.717) is 0 Å². The Balaban J connectivity index is 2.44. The van der Waals surface area contributed by atoms with Crippen molar-refractivity contribution in [3.63, 3.8) is 0 Å². The third-order valence-corrected chi connectivity index (χ3v) is 2.62. The molecule has 0 unspecified atom stereocenters. The zero-order valence-corrected chi connectivity index (χ0v) is 9.60. The van der Waals surface area contributed by atoms with E-state index in [0.717, 1.165) is 6.54 Å². The standard InChI is InChI=1S/C13H23N/c1-3-5-8-12-9-6-7-10-13(12)14-11-4-2/h9-10,14H,3-8,11H2,1-2H3. The van der Waals surface area contributed by atoms with Crippen molar-refractivity contribution in [2.24, 2.45) is 0 Å². The molecule has 1 N–H and O–H groups in total. The summed E-state index contributed by atoms with van der Waals surface area (Å²) in [4.78, 5) is 0. The third-order valence-electron chi connectivity index (χ3n) is 2.62. The molecule has 0 atom stereocenters. The number of nitrogens with one attached hydrogen (secondary N) is 1. The maximum Gasteiger partial charge on any atom is 0.0329 e. The molecule has 1 aliphatic rings. The second-order valence-corrected chi connectivity index (χ2v) is 3.95. The number of allylic oxidation sites excluding steroid dienone is 3. The first-order valence-electron chi connectivity index (χ1n) is 6.02. The summed E-state index contributed by atoms with van der Waals surface area (Å²) in [6.45, 7) is 5.58. The molecule has 0 aliphatic heterocycles. The van der Waals surface area contributed by atoms with E-state index >= 15 is 0 Å². The normalized spacial score (nSPS) is 16.1. The molecule has 1 heteroatoms. The fourth-order valence-electron chi connectivity index (χ4n) is 1.78.